The fourth-order valence-corrected chi connectivity index (χ4v) is 1.79. The van der Waals surface area contributed by atoms with E-state index in [1.54, 1.807) is 0 Å². The molecule has 2 N–H and O–H groups in total. The summed E-state index contributed by atoms with van der Waals surface area (Å²) in [7, 11) is 0. The van der Waals surface area contributed by atoms with Crippen LogP contribution in [0.5, 0.6) is 0 Å². The molecule has 1 aliphatic heterocycles. The van der Waals surface area contributed by atoms with Gasteiger partial charge in [-0.1, -0.05) is 13.8 Å². The molecule has 0 radical (unpaired) electrons. The first-order valence-electron chi connectivity index (χ1n) is 6.13. The SMILES string of the molecule is CCNC1COCC1C(=O)NC(C)(C)CC. The predicted molar refractivity (Wildman–Crippen MR) is 64.3 cm³/mol. The summed E-state index contributed by atoms with van der Waals surface area (Å²) in [5, 5.41) is 6.37. The highest BCUT2D eigenvalue weighted by Crippen LogP contribution is 2.16. The average Bonchev–Trinajstić information content (AvgIpc) is 2.66. The first-order valence-corrected chi connectivity index (χ1v) is 6.13. The summed E-state index contributed by atoms with van der Waals surface area (Å²) in [6.07, 6.45) is 0.929. The monoisotopic (exact) mass is 228 g/mol. The molecule has 1 aliphatic rings. The highest BCUT2D eigenvalue weighted by atomic mass is 16.5. The minimum absolute atomic E-state index is 0.0502. The minimum atomic E-state index is -0.129. The topological polar surface area (TPSA) is 50.4 Å². The largest absolute Gasteiger partial charge is 0.379 e. The van der Waals surface area contributed by atoms with Crippen molar-refractivity contribution in [3.05, 3.63) is 0 Å². The van der Waals surface area contributed by atoms with Gasteiger partial charge in [0.25, 0.3) is 0 Å². The number of nitrogens with one attached hydrogen (secondary N) is 2. The third-order valence-electron chi connectivity index (χ3n) is 3.23. The molecule has 1 rings (SSSR count). The smallest absolute Gasteiger partial charge is 0.227 e. The Morgan fingerprint density at radius 1 is 1.38 bits per heavy atom. The van der Waals surface area contributed by atoms with Gasteiger partial charge in [-0.2, -0.15) is 0 Å². The molecule has 1 heterocycles. The van der Waals surface area contributed by atoms with Crippen molar-refractivity contribution >= 4 is 5.91 Å². The Balaban J connectivity index is 2.53. The molecular formula is C12H24N2O2. The molecule has 94 valence electrons. The molecule has 2 atom stereocenters. The summed E-state index contributed by atoms with van der Waals surface area (Å²) in [6.45, 7) is 10.2. The fraction of sp³-hybridized carbons (Fsp3) is 0.917. The summed E-state index contributed by atoms with van der Waals surface area (Å²) in [6, 6.07) is 0.164. The van der Waals surface area contributed by atoms with Gasteiger partial charge in [-0.25, -0.2) is 0 Å². The Kier molecular flexibility index (Phi) is 4.74. The summed E-state index contributed by atoms with van der Waals surface area (Å²) < 4.78 is 5.37. The minimum Gasteiger partial charge on any atom is -0.379 e. The number of hydrogen-bond donors (Lipinski definition) is 2. The van der Waals surface area contributed by atoms with Crippen LogP contribution in [-0.2, 0) is 9.53 Å². The lowest BCUT2D eigenvalue weighted by atomic mass is 9.97. The van der Waals surface area contributed by atoms with Crippen LogP contribution in [0, 0.1) is 5.92 Å². The van der Waals surface area contributed by atoms with E-state index in [2.05, 4.69) is 17.6 Å². The van der Waals surface area contributed by atoms with E-state index in [9.17, 15) is 4.79 Å². The summed E-state index contributed by atoms with van der Waals surface area (Å²) in [4.78, 5) is 12.1. The van der Waals surface area contributed by atoms with E-state index < -0.39 is 0 Å². The van der Waals surface area contributed by atoms with Crippen LogP contribution in [0.2, 0.25) is 0 Å². The van der Waals surface area contributed by atoms with Crippen LogP contribution in [0.4, 0.5) is 0 Å². The molecule has 0 aromatic heterocycles. The summed E-state index contributed by atoms with van der Waals surface area (Å²) in [5.74, 6) is 0.0566. The number of carbonyl (C=O) groups is 1. The zero-order chi connectivity index (χ0) is 12.2. The maximum Gasteiger partial charge on any atom is 0.227 e. The molecule has 16 heavy (non-hydrogen) atoms. The Bertz CT molecular complexity index is 241. The van der Waals surface area contributed by atoms with Crippen LogP contribution in [-0.4, -0.2) is 37.2 Å². The van der Waals surface area contributed by atoms with Crippen LogP contribution in [0.3, 0.4) is 0 Å². The lowest BCUT2D eigenvalue weighted by Gasteiger charge is -2.27. The maximum atomic E-state index is 12.1. The number of carbonyl (C=O) groups excluding carboxylic acids is 1. The van der Waals surface area contributed by atoms with Crippen molar-refractivity contribution in [1.29, 1.82) is 0 Å². The number of amides is 1. The molecule has 0 aromatic carbocycles. The van der Waals surface area contributed by atoms with Gasteiger partial charge in [0.2, 0.25) is 5.91 Å². The quantitative estimate of drug-likeness (QED) is 0.735. The number of likely N-dealkylation sites (N-methyl/N-ethyl adjacent to an activating group) is 1. The normalized spacial score (nSPS) is 25.8. The van der Waals surface area contributed by atoms with Gasteiger partial charge >= 0.3 is 0 Å². The number of hydrogen-bond acceptors (Lipinski definition) is 3. The zero-order valence-corrected chi connectivity index (χ0v) is 10.8. The van der Waals surface area contributed by atoms with E-state index >= 15 is 0 Å². The highest BCUT2D eigenvalue weighted by Gasteiger charge is 2.35. The summed E-state index contributed by atoms with van der Waals surface area (Å²) >= 11 is 0. The van der Waals surface area contributed by atoms with Gasteiger partial charge in [-0.3, -0.25) is 4.79 Å². The van der Waals surface area contributed by atoms with Crippen molar-refractivity contribution in [3.8, 4) is 0 Å². The van der Waals surface area contributed by atoms with E-state index in [4.69, 9.17) is 4.74 Å². The van der Waals surface area contributed by atoms with Gasteiger partial charge < -0.3 is 15.4 Å². The Morgan fingerprint density at radius 3 is 2.62 bits per heavy atom. The van der Waals surface area contributed by atoms with Crippen LogP contribution in [0.15, 0.2) is 0 Å². The number of rotatable bonds is 5. The zero-order valence-electron chi connectivity index (χ0n) is 10.8. The molecule has 4 heteroatoms. The van der Waals surface area contributed by atoms with Crippen LogP contribution >= 0.6 is 0 Å². The highest BCUT2D eigenvalue weighted by molar-refractivity contribution is 5.80. The lowest BCUT2D eigenvalue weighted by molar-refractivity contribution is -0.127. The average molecular weight is 228 g/mol. The van der Waals surface area contributed by atoms with Crippen LogP contribution < -0.4 is 10.6 Å². The maximum absolute atomic E-state index is 12.1. The van der Waals surface area contributed by atoms with Crippen molar-refractivity contribution < 1.29 is 9.53 Å². The molecule has 0 aliphatic carbocycles. The fourth-order valence-electron chi connectivity index (χ4n) is 1.79. The predicted octanol–water partition coefficient (Wildman–Crippen LogP) is 0.916. The van der Waals surface area contributed by atoms with Gasteiger partial charge in [0.1, 0.15) is 0 Å². The molecule has 4 nitrogen and oxygen atoms in total. The van der Waals surface area contributed by atoms with E-state index in [-0.39, 0.29) is 23.4 Å². The van der Waals surface area contributed by atoms with E-state index in [1.807, 2.05) is 20.8 Å². The first-order chi connectivity index (χ1) is 7.50. The van der Waals surface area contributed by atoms with E-state index in [0.717, 1.165) is 13.0 Å². The third kappa shape index (κ3) is 3.46. The molecule has 1 saturated heterocycles. The van der Waals surface area contributed by atoms with Gasteiger partial charge in [0.05, 0.1) is 19.1 Å². The molecule has 1 amide bonds. The van der Waals surface area contributed by atoms with Gasteiger partial charge in [0.15, 0.2) is 0 Å². The van der Waals surface area contributed by atoms with Crippen molar-refractivity contribution in [3.63, 3.8) is 0 Å². The van der Waals surface area contributed by atoms with Crippen molar-refractivity contribution in [2.24, 2.45) is 5.92 Å². The molecule has 0 spiro atoms. The second-order valence-electron chi connectivity index (χ2n) is 5.03. The molecule has 0 bridgehead atoms. The molecule has 0 saturated carbocycles. The Morgan fingerprint density at radius 2 is 2.06 bits per heavy atom. The lowest BCUT2D eigenvalue weighted by Crippen LogP contribution is -2.50. The molecular weight excluding hydrogens is 204 g/mol. The summed E-state index contributed by atoms with van der Waals surface area (Å²) in [5.41, 5.74) is -0.129. The molecule has 0 aromatic rings. The molecule has 2 unspecified atom stereocenters. The first kappa shape index (κ1) is 13.5. The second kappa shape index (κ2) is 5.64. The van der Waals surface area contributed by atoms with Gasteiger partial charge in [0, 0.05) is 11.6 Å². The van der Waals surface area contributed by atoms with Crippen molar-refractivity contribution in [1.82, 2.24) is 10.6 Å². The van der Waals surface area contributed by atoms with E-state index in [0.29, 0.717) is 13.2 Å². The Labute approximate surface area is 98.1 Å². The van der Waals surface area contributed by atoms with Crippen molar-refractivity contribution in [2.45, 2.75) is 45.7 Å². The van der Waals surface area contributed by atoms with E-state index in [1.165, 1.54) is 0 Å². The standard InChI is InChI=1S/C12H24N2O2/c1-5-12(3,4)14-11(15)9-7-16-8-10(9)13-6-2/h9-10,13H,5-8H2,1-4H3,(H,14,15). The van der Waals surface area contributed by atoms with Gasteiger partial charge in [-0.15, -0.1) is 0 Å². The van der Waals surface area contributed by atoms with Crippen LogP contribution in [0.1, 0.15) is 34.1 Å². The van der Waals surface area contributed by atoms with Gasteiger partial charge in [-0.05, 0) is 26.8 Å². The molecule has 1 fully saturated rings. The number of ether oxygens (including phenoxy) is 1. The van der Waals surface area contributed by atoms with Crippen molar-refractivity contribution in [2.75, 3.05) is 19.8 Å². The van der Waals surface area contributed by atoms with Crippen LogP contribution in [0.25, 0.3) is 0 Å². The Hall–Kier alpha value is -0.610. The second-order valence-corrected chi connectivity index (χ2v) is 5.03. The third-order valence-corrected chi connectivity index (χ3v) is 3.23.